The van der Waals surface area contributed by atoms with Gasteiger partial charge in [0.1, 0.15) is 11.5 Å². The Morgan fingerprint density at radius 1 is 1.04 bits per heavy atom. The van der Waals surface area contributed by atoms with Gasteiger partial charge in [-0.1, -0.05) is 0 Å². The van der Waals surface area contributed by atoms with Gasteiger partial charge in [0.2, 0.25) is 0 Å². The molecule has 0 saturated carbocycles. The van der Waals surface area contributed by atoms with Crippen LogP contribution in [-0.2, 0) is 4.74 Å². The zero-order valence-corrected chi connectivity index (χ0v) is 15.5. The van der Waals surface area contributed by atoms with Crippen molar-refractivity contribution < 1.29 is 19.0 Å². The SMILES string of the molecule is CCOC(=O)c1cc(OCC)c(C2CCNCC2)c(OCC)c1.Cl. The molecule has 1 aromatic carbocycles. The number of halogens is 1. The molecule has 2 rings (SSSR count). The number of carbonyl (C=O) groups is 1. The largest absolute Gasteiger partial charge is 0.493 e. The van der Waals surface area contributed by atoms with Crippen LogP contribution >= 0.6 is 12.4 Å². The fraction of sp³-hybridized carbons (Fsp3) is 0.611. The Labute approximate surface area is 150 Å². The Kier molecular flexibility index (Phi) is 8.93. The molecule has 1 aliphatic rings. The lowest BCUT2D eigenvalue weighted by atomic mass is 9.88. The predicted octanol–water partition coefficient (Wildman–Crippen LogP) is 3.55. The predicted molar refractivity (Wildman–Crippen MR) is 96.8 cm³/mol. The van der Waals surface area contributed by atoms with Crippen molar-refractivity contribution >= 4 is 18.4 Å². The van der Waals surface area contributed by atoms with Gasteiger partial charge in [-0.05, 0) is 64.8 Å². The van der Waals surface area contributed by atoms with Crippen LogP contribution in [0.5, 0.6) is 11.5 Å². The maximum Gasteiger partial charge on any atom is 0.338 e. The zero-order valence-electron chi connectivity index (χ0n) is 14.7. The van der Waals surface area contributed by atoms with Crippen LogP contribution in [0.15, 0.2) is 12.1 Å². The van der Waals surface area contributed by atoms with Crippen LogP contribution < -0.4 is 14.8 Å². The highest BCUT2D eigenvalue weighted by Gasteiger charge is 2.25. The molecule has 0 aromatic heterocycles. The number of esters is 1. The molecule has 1 aromatic rings. The van der Waals surface area contributed by atoms with Gasteiger partial charge in [-0.2, -0.15) is 0 Å². The molecule has 0 radical (unpaired) electrons. The van der Waals surface area contributed by atoms with Crippen molar-refractivity contribution in [3.63, 3.8) is 0 Å². The first-order valence-electron chi connectivity index (χ1n) is 8.52. The minimum Gasteiger partial charge on any atom is -0.493 e. The van der Waals surface area contributed by atoms with Crippen LogP contribution in [-0.4, -0.2) is 38.9 Å². The summed E-state index contributed by atoms with van der Waals surface area (Å²) in [5.41, 5.74) is 1.57. The highest BCUT2D eigenvalue weighted by atomic mass is 35.5. The smallest absolute Gasteiger partial charge is 0.338 e. The van der Waals surface area contributed by atoms with Crippen molar-refractivity contribution in [2.24, 2.45) is 0 Å². The highest BCUT2D eigenvalue weighted by molar-refractivity contribution is 5.91. The lowest BCUT2D eigenvalue weighted by Crippen LogP contribution is -2.27. The molecule has 0 spiro atoms. The number of rotatable bonds is 7. The number of nitrogens with one attached hydrogen (secondary N) is 1. The summed E-state index contributed by atoms with van der Waals surface area (Å²) in [7, 11) is 0. The third kappa shape index (κ3) is 5.02. The van der Waals surface area contributed by atoms with Gasteiger partial charge < -0.3 is 19.5 Å². The third-order valence-corrected chi connectivity index (χ3v) is 3.96. The van der Waals surface area contributed by atoms with Crippen LogP contribution in [0, 0.1) is 0 Å². The Morgan fingerprint density at radius 2 is 1.58 bits per heavy atom. The molecule has 5 nitrogen and oxygen atoms in total. The molecule has 1 heterocycles. The molecule has 0 amide bonds. The van der Waals surface area contributed by atoms with E-state index in [2.05, 4.69) is 5.32 Å². The first-order valence-corrected chi connectivity index (χ1v) is 8.52. The average Bonchev–Trinajstić information content (AvgIpc) is 2.56. The second-order valence-corrected chi connectivity index (χ2v) is 5.50. The summed E-state index contributed by atoms with van der Waals surface area (Å²) in [5.74, 6) is 1.53. The van der Waals surface area contributed by atoms with Crippen LogP contribution in [0.4, 0.5) is 0 Å². The van der Waals surface area contributed by atoms with Crippen LogP contribution in [0.3, 0.4) is 0 Å². The molecule has 0 aliphatic carbocycles. The number of carbonyl (C=O) groups excluding carboxylic acids is 1. The van der Waals surface area contributed by atoms with Gasteiger partial charge in [-0.3, -0.25) is 0 Å². The molecule has 0 unspecified atom stereocenters. The molecular formula is C18H28ClNO4. The summed E-state index contributed by atoms with van der Waals surface area (Å²) in [6.07, 6.45) is 2.08. The minimum absolute atomic E-state index is 0. The van der Waals surface area contributed by atoms with Crippen LogP contribution in [0.25, 0.3) is 0 Å². The number of piperidine rings is 1. The Hall–Kier alpha value is -1.46. The van der Waals surface area contributed by atoms with Crippen molar-refractivity contribution in [1.29, 1.82) is 0 Å². The number of benzene rings is 1. The van der Waals surface area contributed by atoms with Crippen molar-refractivity contribution in [3.8, 4) is 11.5 Å². The van der Waals surface area contributed by atoms with Gasteiger partial charge in [-0.15, -0.1) is 12.4 Å². The monoisotopic (exact) mass is 357 g/mol. The summed E-state index contributed by atoms with van der Waals surface area (Å²) < 4.78 is 16.8. The molecule has 1 saturated heterocycles. The first kappa shape index (κ1) is 20.6. The number of ether oxygens (including phenoxy) is 3. The fourth-order valence-corrected chi connectivity index (χ4v) is 3.00. The van der Waals surface area contributed by atoms with E-state index in [1.54, 1.807) is 19.1 Å². The van der Waals surface area contributed by atoms with Gasteiger partial charge in [-0.25, -0.2) is 4.79 Å². The summed E-state index contributed by atoms with van der Waals surface area (Å²) in [4.78, 5) is 12.1. The quantitative estimate of drug-likeness (QED) is 0.756. The van der Waals surface area contributed by atoms with E-state index in [1.807, 2.05) is 13.8 Å². The molecule has 1 N–H and O–H groups in total. The zero-order chi connectivity index (χ0) is 16.7. The van der Waals surface area contributed by atoms with E-state index < -0.39 is 0 Å². The van der Waals surface area contributed by atoms with E-state index in [4.69, 9.17) is 14.2 Å². The van der Waals surface area contributed by atoms with Crippen molar-refractivity contribution in [2.45, 2.75) is 39.5 Å². The van der Waals surface area contributed by atoms with E-state index in [0.717, 1.165) is 43.0 Å². The van der Waals surface area contributed by atoms with Gasteiger partial charge in [0, 0.05) is 5.56 Å². The van der Waals surface area contributed by atoms with E-state index in [0.29, 0.717) is 31.3 Å². The molecule has 24 heavy (non-hydrogen) atoms. The van der Waals surface area contributed by atoms with E-state index in [-0.39, 0.29) is 18.4 Å². The van der Waals surface area contributed by atoms with Gasteiger partial charge >= 0.3 is 5.97 Å². The van der Waals surface area contributed by atoms with Crippen LogP contribution in [0.2, 0.25) is 0 Å². The summed E-state index contributed by atoms with van der Waals surface area (Å²) >= 11 is 0. The van der Waals surface area contributed by atoms with E-state index in [1.165, 1.54) is 0 Å². The first-order chi connectivity index (χ1) is 11.2. The topological polar surface area (TPSA) is 56.8 Å². The van der Waals surface area contributed by atoms with Crippen molar-refractivity contribution in [3.05, 3.63) is 23.3 Å². The Bertz CT molecular complexity index is 503. The average molecular weight is 358 g/mol. The van der Waals surface area contributed by atoms with Gasteiger partial charge in [0.25, 0.3) is 0 Å². The molecule has 6 heteroatoms. The molecule has 1 aliphatic heterocycles. The second-order valence-electron chi connectivity index (χ2n) is 5.50. The third-order valence-electron chi connectivity index (χ3n) is 3.96. The van der Waals surface area contributed by atoms with E-state index in [9.17, 15) is 4.79 Å². The molecule has 0 atom stereocenters. The molecule has 1 fully saturated rings. The Morgan fingerprint density at radius 3 is 2.04 bits per heavy atom. The minimum atomic E-state index is -0.341. The molecule has 136 valence electrons. The van der Waals surface area contributed by atoms with Gasteiger partial charge in [0.15, 0.2) is 0 Å². The normalized spacial score (nSPS) is 14.6. The standard InChI is InChI=1S/C18H27NO4.ClH/c1-4-21-15-11-14(18(20)23-6-3)12-16(22-5-2)17(15)13-7-9-19-10-8-13;/h11-13,19H,4-10H2,1-3H3;1H. The summed E-state index contributed by atoms with van der Waals surface area (Å²) in [6, 6.07) is 3.59. The highest BCUT2D eigenvalue weighted by Crippen LogP contribution is 2.41. The van der Waals surface area contributed by atoms with Crippen molar-refractivity contribution in [2.75, 3.05) is 32.9 Å². The summed E-state index contributed by atoms with van der Waals surface area (Å²) in [5, 5.41) is 3.38. The van der Waals surface area contributed by atoms with E-state index >= 15 is 0 Å². The maximum absolute atomic E-state index is 12.1. The lowest BCUT2D eigenvalue weighted by molar-refractivity contribution is 0.0525. The number of hydrogen-bond donors (Lipinski definition) is 1. The fourth-order valence-electron chi connectivity index (χ4n) is 3.00. The van der Waals surface area contributed by atoms with Gasteiger partial charge in [0.05, 0.1) is 25.4 Å². The number of hydrogen-bond acceptors (Lipinski definition) is 5. The molecule has 0 bridgehead atoms. The van der Waals surface area contributed by atoms with Crippen molar-refractivity contribution in [1.82, 2.24) is 5.32 Å². The maximum atomic E-state index is 12.1. The van der Waals surface area contributed by atoms with Crippen LogP contribution in [0.1, 0.15) is 55.5 Å². The molecular weight excluding hydrogens is 330 g/mol. The lowest BCUT2D eigenvalue weighted by Gasteiger charge is -2.27. The Balaban J connectivity index is 0.00000288. The second kappa shape index (κ2) is 10.4. The summed E-state index contributed by atoms with van der Waals surface area (Å²) in [6.45, 7) is 9.12.